The molecular formula is C21H21NO5S. The Morgan fingerprint density at radius 1 is 1.07 bits per heavy atom. The zero-order valence-corrected chi connectivity index (χ0v) is 16.1. The Hall–Kier alpha value is -2.25. The van der Waals surface area contributed by atoms with Crippen LogP contribution in [0.1, 0.15) is 39.3 Å². The third-order valence-corrected chi connectivity index (χ3v) is 7.27. The molecule has 28 heavy (non-hydrogen) atoms. The minimum absolute atomic E-state index is 0.0507. The lowest BCUT2D eigenvalue weighted by atomic mass is 9.82. The van der Waals surface area contributed by atoms with Gasteiger partial charge in [-0.05, 0) is 31.0 Å². The van der Waals surface area contributed by atoms with Gasteiger partial charge in [0.15, 0.2) is 0 Å². The summed E-state index contributed by atoms with van der Waals surface area (Å²) in [7, 11) is 0. The second-order valence-electron chi connectivity index (χ2n) is 7.68. The maximum Gasteiger partial charge on any atom is 0.339 e. The number of hydrogen-bond acceptors (Lipinski definition) is 5. The van der Waals surface area contributed by atoms with E-state index >= 15 is 0 Å². The predicted octanol–water partition coefficient (Wildman–Crippen LogP) is 3.52. The summed E-state index contributed by atoms with van der Waals surface area (Å²) in [5.74, 6) is 0.767. The predicted molar refractivity (Wildman–Crippen MR) is 102 cm³/mol. The number of hydrogen-bond donors (Lipinski definition) is 1. The van der Waals surface area contributed by atoms with Crippen molar-refractivity contribution in [3.8, 4) is 0 Å². The number of ether oxygens (including phenoxy) is 1. The van der Waals surface area contributed by atoms with Crippen molar-refractivity contribution in [2.24, 2.45) is 11.8 Å². The Morgan fingerprint density at radius 2 is 1.79 bits per heavy atom. The van der Waals surface area contributed by atoms with Crippen LogP contribution in [0, 0.1) is 11.8 Å². The minimum Gasteiger partial charge on any atom is -0.478 e. The molecule has 6 nitrogen and oxygen atoms in total. The molecule has 3 saturated heterocycles. The summed E-state index contributed by atoms with van der Waals surface area (Å²) in [4.78, 5) is 27.3. The Kier molecular flexibility index (Phi) is 4.44. The largest absolute Gasteiger partial charge is 0.478 e. The molecule has 4 unspecified atom stereocenters. The Labute approximate surface area is 166 Å². The number of fused-ring (bicyclic) bond motifs is 5. The van der Waals surface area contributed by atoms with Crippen LogP contribution in [0.5, 0.6) is 0 Å². The fraction of sp³-hybridized carbons (Fsp3) is 0.429. The number of thioether (sulfide) groups is 1. The monoisotopic (exact) mass is 399 g/mol. The number of aromatic carboxylic acids is 1. The van der Waals surface area contributed by atoms with Gasteiger partial charge in [0.2, 0.25) is 0 Å². The molecule has 3 fully saturated rings. The highest BCUT2D eigenvalue weighted by Crippen LogP contribution is 2.47. The molecule has 1 aromatic carbocycles. The van der Waals surface area contributed by atoms with Crippen molar-refractivity contribution in [1.29, 1.82) is 0 Å². The van der Waals surface area contributed by atoms with E-state index in [-0.39, 0.29) is 11.5 Å². The zero-order chi connectivity index (χ0) is 19.3. The molecule has 7 heteroatoms. The summed E-state index contributed by atoms with van der Waals surface area (Å²) < 4.78 is 11.3. The molecule has 2 aromatic rings. The smallest absolute Gasteiger partial charge is 0.339 e. The highest BCUT2D eigenvalue weighted by molar-refractivity contribution is 7.98. The molecule has 0 saturated carbocycles. The van der Waals surface area contributed by atoms with E-state index in [4.69, 9.17) is 9.15 Å². The number of carbonyl (C=O) groups is 2. The van der Waals surface area contributed by atoms with Crippen molar-refractivity contribution in [3.63, 3.8) is 0 Å². The minimum atomic E-state index is -1.01. The molecule has 0 spiro atoms. The van der Waals surface area contributed by atoms with Crippen LogP contribution >= 0.6 is 11.8 Å². The van der Waals surface area contributed by atoms with Gasteiger partial charge in [-0.2, -0.15) is 0 Å². The quantitative estimate of drug-likeness (QED) is 0.775. The van der Waals surface area contributed by atoms with Gasteiger partial charge >= 0.3 is 5.97 Å². The second-order valence-corrected chi connectivity index (χ2v) is 8.69. The maximum atomic E-state index is 13.2. The van der Waals surface area contributed by atoms with Gasteiger partial charge in [0, 0.05) is 29.8 Å². The average Bonchev–Trinajstić information content (AvgIpc) is 3.47. The number of carbonyl (C=O) groups excluding carboxylic acids is 1. The van der Waals surface area contributed by atoms with Gasteiger partial charge in [0.1, 0.15) is 11.3 Å². The first-order valence-electron chi connectivity index (χ1n) is 9.58. The first kappa shape index (κ1) is 17.8. The lowest BCUT2D eigenvalue weighted by Crippen LogP contribution is -2.31. The van der Waals surface area contributed by atoms with E-state index in [2.05, 4.69) is 0 Å². The van der Waals surface area contributed by atoms with Crippen LogP contribution < -0.4 is 0 Å². The molecule has 0 aliphatic carbocycles. The topological polar surface area (TPSA) is 80.0 Å². The summed E-state index contributed by atoms with van der Waals surface area (Å²) in [5.41, 5.74) is 0.836. The SMILES string of the molecule is O=C(O)c1ccoc1CSc1ccccc1C(=O)N1CC2C3CCC(O3)C2C1. The molecule has 1 amide bonds. The van der Waals surface area contributed by atoms with E-state index in [9.17, 15) is 14.7 Å². The molecule has 4 atom stereocenters. The van der Waals surface area contributed by atoms with Gasteiger partial charge < -0.3 is 19.2 Å². The highest BCUT2D eigenvalue weighted by atomic mass is 32.2. The summed E-state index contributed by atoms with van der Waals surface area (Å²) in [6, 6.07) is 8.98. The van der Waals surface area contributed by atoms with E-state index in [0.717, 1.165) is 30.8 Å². The fourth-order valence-electron chi connectivity index (χ4n) is 4.85. The van der Waals surface area contributed by atoms with Crippen molar-refractivity contribution < 1.29 is 23.8 Å². The Morgan fingerprint density at radius 3 is 2.50 bits per heavy atom. The average molecular weight is 399 g/mol. The molecule has 3 aliphatic rings. The van der Waals surface area contributed by atoms with Gasteiger partial charge in [-0.25, -0.2) is 4.79 Å². The number of carboxylic acids is 1. The van der Waals surface area contributed by atoms with Crippen molar-refractivity contribution in [1.82, 2.24) is 4.90 Å². The normalized spacial score (nSPS) is 27.9. The van der Waals surface area contributed by atoms with E-state index < -0.39 is 5.97 Å². The van der Waals surface area contributed by atoms with Crippen LogP contribution in [-0.2, 0) is 10.5 Å². The van der Waals surface area contributed by atoms with Crippen LogP contribution in [0.4, 0.5) is 0 Å². The lowest BCUT2D eigenvalue weighted by Gasteiger charge is -2.20. The van der Waals surface area contributed by atoms with Gasteiger partial charge in [-0.1, -0.05) is 12.1 Å². The number of nitrogens with zero attached hydrogens (tertiary/aromatic N) is 1. The van der Waals surface area contributed by atoms with Crippen LogP contribution in [-0.4, -0.2) is 47.2 Å². The number of furan rings is 1. The van der Waals surface area contributed by atoms with E-state index in [1.165, 1.54) is 24.1 Å². The number of benzene rings is 1. The first-order valence-corrected chi connectivity index (χ1v) is 10.6. The van der Waals surface area contributed by atoms with E-state index in [1.54, 1.807) is 0 Å². The van der Waals surface area contributed by atoms with Crippen molar-refractivity contribution in [2.75, 3.05) is 13.1 Å². The summed E-state index contributed by atoms with van der Waals surface area (Å²) >= 11 is 1.43. The van der Waals surface area contributed by atoms with Gasteiger partial charge in [-0.3, -0.25) is 4.79 Å². The summed E-state index contributed by atoms with van der Waals surface area (Å²) in [6.07, 6.45) is 4.28. The highest BCUT2D eigenvalue weighted by Gasteiger charge is 2.53. The molecular weight excluding hydrogens is 378 g/mol. The molecule has 1 N–H and O–H groups in total. The summed E-state index contributed by atoms with van der Waals surface area (Å²) in [5, 5.41) is 9.22. The van der Waals surface area contributed by atoms with Gasteiger partial charge in [0.25, 0.3) is 5.91 Å². The van der Waals surface area contributed by atoms with Crippen LogP contribution in [0.3, 0.4) is 0 Å². The molecule has 5 rings (SSSR count). The number of carboxylic acid groups (broad SMARTS) is 1. The first-order chi connectivity index (χ1) is 13.6. The van der Waals surface area contributed by atoms with Crippen LogP contribution in [0.2, 0.25) is 0 Å². The molecule has 1 aromatic heterocycles. The van der Waals surface area contributed by atoms with Crippen molar-refractivity contribution in [3.05, 3.63) is 53.5 Å². The lowest BCUT2D eigenvalue weighted by molar-refractivity contribution is 0.0591. The molecule has 4 heterocycles. The number of amides is 1. The summed E-state index contributed by atoms with van der Waals surface area (Å²) in [6.45, 7) is 1.54. The van der Waals surface area contributed by atoms with Crippen LogP contribution in [0.25, 0.3) is 0 Å². The van der Waals surface area contributed by atoms with Crippen molar-refractivity contribution >= 4 is 23.6 Å². The number of rotatable bonds is 5. The molecule has 3 aliphatic heterocycles. The second kappa shape index (κ2) is 6.97. The molecule has 146 valence electrons. The standard InChI is InChI=1S/C21H21NO5S/c23-20(22-9-14-15(10-22)17-6-5-16(14)27-17)13-3-1-2-4-19(13)28-11-18-12(21(24)25)7-8-26-18/h1-4,7-8,14-17H,5-6,9-11H2,(H,24,25). The van der Waals surface area contributed by atoms with Crippen molar-refractivity contribution in [2.45, 2.75) is 35.7 Å². The third kappa shape index (κ3) is 2.93. The fourth-order valence-corrected chi connectivity index (χ4v) is 5.85. The molecule has 2 bridgehead atoms. The number of likely N-dealkylation sites (tertiary alicyclic amines) is 1. The van der Waals surface area contributed by atoms with Gasteiger partial charge in [0.05, 0.1) is 29.8 Å². The Balaban J connectivity index is 1.32. The van der Waals surface area contributed by atoms with Gasteiger partial charge in [-0.15, -0.1) is 11.8 Å². The van der Waals surface area contributed by atoms with E-state index in [1.807, 2.05) is 29.2 Å². The Bertz CT molecular complexity index is 907. The third-order valence-electron chi connectivity index (χ3n) is 6.19. The maximum absolute atomic E-state index is 13.2. The van der Waals surface area contributed by atoms with E-state index in [0.29, 0.717) is 41.1 Å². The zero-order valence-electron chi connectivity index (χ0n) is 15.2. The van der Waals surface area contributed by atoms with Crippen LogP contribution in [0.15, 0.2) is 45.9 Å². The molecule has 0 radical (unpaired) electrons.